The largest absolute Gasteiger partial charge is 0.509 e. The second-order valence-electron chi connectivity index (χ2n) is 5.83. The van der Waals surface area contributed by atoms with Gasteiger partial charge in [0.1, 0.15) is 11.3 Å². The van der Waals surface area contributed by atoms with Gasteiger partial charge >= 0.3 is 0 Å². The molecule has 0 atom stereocenters. The van der Waals surface area contributed by atoms with Gasteiger partial charge in [0.2, 0.25) is 0 Å². The number of carbonyl (C=O) groups excluding carboxylic acids is 1. The van der Waals surface area contributed by atoms with Crippen LogP contribution in [-0.2, 0) is 4.79 Å². The van der Waals surface area contributed by atoms with Crippen molar-refractivity contribution in [1.82, 2.24) is 10.6 Å². The summed E-state index contributed by atoms with van der Waals surface area (Å²) >= 11 is 0. The molecule has 0 aliphatic carbocycles. The third-order valence-corrected chi connectivity index (χ3v) is 4.39. The molecule has 1 aromatic rings. The van der Waals surface area contributed by atoms with Gasteiger partial charge in [0.25, 0.3) is 5.91 Å². The first-order valence-electron chi connectivity index (χ1n) is 7.08. The van der Waals surface area contributed by atoms with Crippen molar-refractivity contribution in [3.63, 3.8) is 0 Å². The van der Waals surface area contributed by atoms with E-state index in [1.807, 2.05) is 32.0 Å². The summed E-state index contributed by atoms with van der Waals surface area (Å²) in [7, 11) is 0. The van der Waals surface area contributed by atoms with E-state index in [0.29, 0.717) is 5.57 Å². The molecule has 1 aromatic carbocycles. The van der Waals surface area contributed by atoms with Crippen LogP contribution in [-0.4, -0.2) is 29.6 Å². The van der Waals surface area contributed by atoms with E-state index >= 15 is 0 Å². The summed E-state index contributed by atoms with van der Waals surface area (Å²) < 4.78 is 0. The highest BCUT2D eigenvalue weighted by Crippen LogP contribution is 2.38. The Labute approximate surface area is 118 Å². The molecule has 2 heterocycles. The number of amides is 1. The molecule has 4 nitrogen and oxygen atoms in total. The highest BCUT2D eigenvalue weighted by molar-refractivity contribution is 6.23. The summed E-state index contributed by atoms with van der Waals surface area (Å²) in [6.07, 6.45) is 1.47. The Hall–Kier alpha value is -1.81. The average molecular weight is 272 g/mol. The van der Waals surface area contributed by atoms with Crippen LogP contribution in [0.25, 0.3) is 5.57 Å². The maximum Gasteiger partial charge on any atom is 0.256 e. The van der Waals surface area contributed by atoms with E-state index in [2.05, 4.69) is 10.6 Å². The number of aryl methyl sites for hydroxylation is 2. The Morgan fingerprint density at radius 3 is 2.60 bits per heavy atom. The topological polar surface area (TPSA) is 61.4 Å². The van der Waals surface area contributed by atoms with Crippen molar-refractivity contribution >= 4 is 11.5 Å². The minimum atomic E-state index is -0.562. The zero-order valence-corrected chi connectivity index (χ0v) is 11.9. The first kappa shape index (κ1) is 13.2. The Morgan fingerprint density at radius 2 is 1.90 bits per heavy atom. The molecule has 1 amide bonds. The fourth-order valence-electron chi connectivity index (χ4n) is 3.16. The number of aliphatic hydroxyl groups is 1. The van der Waals surface area contributed by atoms with Crippen molar-refractivity contribution in [3.05, 3.63) is 40.6 Å². The van der Waals surface area contributed by atoms with Crippen LogP contribution in [0, 0.1) is 13.8 Å². The first-order valence-corrected chi connectivity index (χ1v) is 7.08. The number of hydrogen-bond donors (Lipinski definition) is 3. The highest BCUT2D eigenvalue weighted by atomic mass is 16.3. The van der Waals surface area contributed by atoms with E-state index in [9.17, 15) is 9.90 Å². The van der Waals surface area contributed by atoms with E-state index in [4.69, 9.17) is 0 Å². The lowest BCUT2D eigenvalue weighted by molar-refractivity contribution is -0.116. The zero-order chi connectivity index (χ0) is 14.3. The molecule has 0 aromatic heterocycles. The lowest BCUT2D eigenvalue weighted by Gasteiger charge is -2.33. The number of piperidine rings is 1. The molecule has 1 fully saturated rings. The minimum absolute atomic E-state index is 0.155. The highest BCUT2D eigenvalue weighted by Gasteiger charge is 2.46. The Balaban J connectivity index is 2.11. The van der Waals surface area contributed by atoms with Gasteiger partial charge in [-0.25, -0.2) is 0 Å². The molecule has 106 valence electrons. The molecule has 1 saturated heterocycles. The van der Waals surface area contributed by atoms with Crippen LogP contribution in [0.1, 0.15) is 29.5 Å². The van der Waals surface area contributed by atoms with Crippen molar-refractivity contribution in [2.45, 2.75) is 32.2 Å². The lowest BCUT2D eigenvalue weighted by Crippen LogP contribution is -2.51. The number of benzene rings is 1. The summed E-state index contributed by atoms with van der Waals surface area (Å²) in [5.41, 5.74) is 2.83. The fourth-order valence-corrected chi connectivity index (χ4v) is 3.16. The zero-order valence-electron chi connectivity index (χ0n) is 11.9. The Kier molecular flexibility index (Phi) is 3.05. The van der Waals surface area contributed by atoms with E-state index in [1.165, 1.54) is 0 Å². The number of nitrogens with one attached hydrogen (secondary N) is 2. The van der Waals surface area contributed by atoms with Gasteiger partial charge in [-0.15, -0.1) is 0 Å². The van der Waals surface area contributed by atoms with E-state index in [1.54, 1.807) is 0 Å². The van der Waals surface area contributed by atoms with Gasteiger partial charge in [-0.05, 0) is 50.9 Å². The molecular formula is C16H20N2O2. The molecule has 3 rings (SSSR count). The molecule has 2 aliphatic rings. The predicted molar refractivity (Wildman–Crippen MR) is 78.4 cm³/mol. The normalized spacial score (nSPS) is 21.4. The first-order chi connectivity index (χ1) is 9.53. The van der Waals surface area contributed by atoms with Crippen LogP contribution in [0.4, 0.5) is 0 Å². The molecule has 1 spiro atoms. The number of carbonyl (C=O) groups is 1. The summed E-state index contributed by atoms with van der Waals surface area (Å²) in [5, 5.41) is 16.9. The fraction of sp³-hybridized carbons (Fsp3) is 0.438. The SMILES string of the molecule is Cc1ccc(C)c(C2=C(O)C3(CCNCC3)NC2=O)c1. The monoisotopic (exact) mass is 272 g/mol. The van der Waals surface area contributed by atoms with E-state index in [-0.39, 0.29) is 11.7 Å². The third-order valence-electron chi connectivity index (χ3n) is 4.39. The lowest BCUT2D eigenvalue weighted by atomic mass is 9.86. The van der Waals surface area contributed by atoms with Gasteiger partial charge in [-0.2, -0.15) is 0 Å². The quantitative estimate of drug-likeness (QED) is 0.731. The van der Waals surface area contributed by atoms with Crippen LogP contribution in [0.2, 0.25) is 0 Å². The van der Waals surface area contributed by atoms with Gasteiger partial charge < -0.3 is 15.7 Å². The number of rotatable bonds is 1. The molecule has 20 heavy (non-hydrogen) atoms. The molecule has 3 N–H and O–H groups in total. The smallest absolute Gasteiger partial charge is 0.256 e. The third kappa shape index (κ3) is 1.91. The Morgan fingerprint density at radius 1 is 1.20 bits per heavy atom. The van der Waals surface area contributed by atoms with Crippen molar-refractivity contribution in [2.75, 3.05) is 13.1 Å². The number of aliphatic hydroxyl groups excluding tert-OH is 1. The maximum absolute atomic E-state index is 12.4. The second-order valence-corrected chi connectivity index (χ2v) is 5.83. The van der Waals surface area contributed by atoms with Crippen LogP contribution in [0.3, 0.4) is 0 Å². The second kappa shape index (κ2) is 4.63. The standard InChI is InChI=1S/C16H20N2O2/c1-10-3-4-11(2)12(9-10)13-14(19)16(18-15(13)20)5-7-17-8-6-16/h3-4,9,17,19H,5-8H2,1-2H3,(H,18,20). The molecular weight excluding hydrogens is 252 g/mol. The van der Waals surface area contributed by atoms with Crippen LogP contribution < -0.4 is 10.6 Å². The van der Waals surface area contributed by atoms with Crippen LogP contribution in [0.15, 0.2) is 24.0 Å². The summed E-state index contributed by atoms with van der Waals surface area (Å²) in [5.74, 6) is 0.0656. The van der Waals surface area contributed by atoms with Crippen molar-refractivity contribution in [1.29, 1.82) is 0 Å². The van der Waals surface area contributed by atoms with Crippen LogP contribution in [0.5, 0.6) is 0 Å². The van der Waals surface area contributed by atoms with Gasteiger partial charge in [-0.1, -0.05) is 23.8 Å². The average Bonchev–Trinajstić information content (AvgIpc) is 2.65. The molecule has 4 heteroatoms. The van der Waals surface area contributed by atoms with Gasteiger partial charge in [-0.3, -0.25) is 4.79 Å². The number of hydrogen-bond acceptors (Lipinski definition) is 3. The molecule has 0 unspecified atom stereocenters. The molecule has 0 radical (unpaired) electrons. The predicted octanol–water partition coefficient (Wildman–Crippen LogP) is 1.82. The minimum Gasteiger partial charge on any atom is -0.509 e. The van der Waals surface area contributed by atoms with Crippen molar-refractivity contribution in [2.24, 2.45) is 0 Å². The van der Waals surface area contributed by atoms with Crippen molar-refractivity contribution < 1.29 is 9.90 Å². The van der Waals surface area contributed by atoms with Gasteiger partial charge in [0.15, 0.2) is 0 Å². The van der Waals surface area contributed by atoms with E-state index < -0.39 is 5.54 Å². The summed E-state index contributed by atoms with van der Waals surface area (Å²) in [6, 6.07) is 5.98. The summed E-state index contributed by atoms with van der Waals surface area (Å²) in [6.45, 7) is 5.58. The molecule has 0 bridgehead atoms. The maximum atomic E-state index is 12.4. The van der Waals surface area contributed by atoms with E-state index in [0.717, 1.165) is 42.6 Å². The Bertz CT molecular complexity index is 598. The molecule has 2 aliphatic heterocycles. The molecule has 0 saturated carbocycles. The van der Waals surface area contributed by atoms with Gasteiger partial charge in [0, 0.05) is 0 Å². The van der Waals surface area contributed by atoms with Crippen LogP contribution >= 0.6 is 0 Å². The van der Waals surface area contributed by atoms with Gasteiger partial charge in [0.05, 0.1) is 5.57 Å². The van der Waals surface area contributed by atoms with Crippen molar-refractivity contribution in [3.8, 4) is 0 Å². The summed E-state index contributed by atoms with van der Waals surface area (Å²) in [4.78, 5) is 12.4.